The maximum Gasteiger partial charge on any atom is 0.258 e. The molecule has 0 unspecified atom stereocenters. The third-order valence-electron chi connectivity index (χ3n) is 5.68. The minimum atomic E-state index is 0.0655. The maximum absolute atomic E-state index is 13.1. The van der Waals surface area contributed by atoms with Crippen LogP contribution < -0.4 is 10.5 Å². The first kappa shape index (κ1) is 18.7. The average Bonchev–Trinajstić information content (AvgIpc) is 3.63. The van der Waals surface area contributed by atoms with Crippen LogP contribution in [-0.4, -0.2) is 40.6 Å². The molecule has 5 rings (SSSR count). The Kier molecular flexibility index (Phi) is 5.08. The second-order valence-electron chi connectivity index (χ2n) is 7.88. The van der Waals surface area contributed by atoms with E-state index in [9.17, 15) is 4.79 Å². The lowest BCUT2D eigenvalue weighted by molar-refractivity contribution is 0.280. The number of aromatic nitrogens is 2. The van der Waals surface area contributed by atoms with Gasteiger partial charge in [0.15, 0.2) is 0 Å². The molecule has 3 heterocycles. The highest BCUT2D eigenvalue weighted by molar-refractivity contribution is 5.52. The fourth-order valence-corrected chi connectivity index (χ4v) is 3.85. The summed E-state index contributed by atoms with van der Waals surface area (Å²) in [7, 11) is 0. The van der Waals surface area contributed by atoms with Crippen molar-refractivity contribution in [1.29, 1.82) is 0 Å². The predicted octanol–water partition coefficient (Wildman–Crippen LogP) is 2.52. The van der Waals surface area contributed by atoms with E-state index in [1.807, 2.05) is 30.3 Å². The van der Waals surface area contributed by atoms with Crippen LogP contribution in [0, 0.1) is 11.8 Å². The summed E-state index contributed by atoms with van der Waals surface area (Å²) >= 11 is 0. The van der Waals surface area contributed by atoms with Gasteiger partial charge in [-0.2, -0.15) is 0 Å². The molecule has 0 aliphatic carbocycles. The van der Waals surface area contributed by atoms with Gasteiger partial charge in [0, 0.05) is 43.9 Å². The standard InChI is InChI=1S/C25H24N4O/c30-25-23-18-27(13-4-7-20-5-2-1-3-6-20)14-12-24(23)26-19-29(25)17-21-8-10-22(11-9-21)28-15-16-28/h1-3,5-6,8-11,19H,12-18H2. The van der Waals surface area contributed by atoms with E-state index in [4.69, 9.17) is 0 Å². The molecular weight excluding hydrogens is 372 g/mol. The SMILES string of the molecule is O=c1c2c(ncn1Cc1ccc(N3CC3)cc1)CCN(CC#Cc1ccccc1)C2. The van der Waals surface area contributed by atoms with Crippen LogP contribution >= 0.6 is 0 Å². The van der Waals surface area contributed by atoms with Gasteiger partial charge in [0.05, 0.1) is 30.7 Å². The molecule has 0 N–H and O–H groups in total. The van der Waals surface area contributed by atoms with Crippen LogP contribution in [0.1, 0.15) is 22.4 Å². The molecule has 2 aliphatic rings. The van der Waals surface area contributed by atoms with Gasteiger partial charge in [-0.15, -0.1) is 0 Å². The second kappa shape index (κ2) is 8.17. The maximum atomic E-state index is 13.1. The highest BCUT2D eigenvalue weighted by Crippen LogP contribution is 2.21. The van der Waals surface area contributed by atoms with Crippen LogP contribution in [0.4, 0.5) is 5.69 Å². The Hall–Kier alpha value is -3.36. The molecule has 30 heavy (non-hydrogen) atoms. The molecule has 3 aromatic rings. The summed E-state index contributed by atoms with van der Waals surface area (Å²) in [4.78, 5) is 22.2. The number of fused-ring (bicyclic) bond motifs is 1. The molecule has 0 amide bonds. The van der Waals surface area contributed by atoms with E-state index in [0.29, 0.717) is 19.6 Å². The van der Waals surface area contributed by atoms with E-state index in [0.717, 1.165) is 48.4 Å². The zero-order valence-corrected chi connectivity index (χ0v) is 16.9. The molecule has 0 saturated carbocycles. The molecule has 2 aromatic carbocycles. The lowest BCUT2D eigenvalue weighted by Crippen LogP contribution is -2.38. The Morgan fingerprint density at radius 2 is 1.77 bits per heavy atom. The smallest absolute Gasteiger partial charge is 0.258 e. The average molecular weight is 396 g/mol. The highest BCUT2D eigenvalue weighted by atomic mass is 16.1. The minimum Gasteiger partial charge on any atom is -0.368 e. The summed E-state index contributed by atoms with van der Waals surface area (Å²) < 4.78 is 1.73. The first-order chi connectivity index (χ1) is 14.8. The molecule has 1 saturated heterocycles. The van der Waals surface area contributed by atoms with Gasteiger partial charge in [-0.05, 0) is 29.8 Å². The minimum absolute atomic E-state index is 0.0655. The molecule has 2 aliphatic heterocycles. The lowest BCUT2D eigenvalue weighted by Gasteiger charge is -2.26. The van der Waals surface area contributed by atoms with E-state index in [1.165, 1.54) is 5.69 Å². The van der Waals surface area contributed by atoms with Crippen molar-refractivity contribution >= 4 is 5.69 Å². The van der Waals surface area contributed by atoms with Gasteiger partial charge < -0.3 is 4.90 Å². The number of rotatable bonds is 4. The third kappa shape index (κ3) is 4.14. The quantitative estimate of drug-likeness (QED) is 0.502. The number of benzene rings is 2. The van der Waals surface area contributed by atoms with Crippen LogP contribution in [-0.2, 0) is 19.5 Å². The second-order valence-corrected chi connectivity index (χ2v) is 7.88. The van der Waals surface area contributed by atoms with Crippen LogP contribution in [0.25, 0.3) is 0 Å². The van der Waals surface area contributed by atoms with Gasteiger partial charge in [-0.3, -0.25) is 14.3 Å². The number of nitrogens with zero attached hydrogens (tertiary/aromatic N) is 4. The van der Waals surface area contributed by atoms with Gasteiger partial charge in [-0.1, -0.05) is 42.2 Å². The first-order valence-electron chi connectivity index (χ1n) is 10.4. The van der Waals surface area contributed by atoms with Crippen molar-refractivity contribution in [2.75, 3.05) is 31.1 Å². The first-order valence-corrected chi connectivity index (χ1v) is 10.4. The Balaban J connectivity index is 1.29. The molecule has 150 valence electrons. The predicted molar refractivity (Wildman–Crippen MR) is 119 cm³/mol. The number of hydrogen-bond acceptors (Lipinski definition) is 4. The Bertz CT molecular complexity index is 1150. The van der Waals surface area contributed by atoms with Gasteiger partial charge in [0.1, 0.15) is 0 Å². The molecule has 0 atom stereocenters. The number of anilines is 1. The van der Waals surface area contributed by atoms with Crippen molar-refractivity contribution in [2.24, 2.45) is 0 Å². The van der Waals surface area contributed by atoms with E-state index in [-0.39, 0.29) is 5.56 Å². The summed E-state index contributed by atoms with van der Waals surface area (Å²) in [5, 5.41) is 0. The van der Waals surface area contributed by atoms with Crippen molar-refractivity contribution in [3.63, 3.8) is 0 Å². The fourth-order valence-electron chi connectivity index (χ4n) is 3.85. The topological polar surface area (TPSA) is 41.1 Å². The molecule has 0 bridgehead atoms. The highest BCUT2D eigenvalue weighted by Gasteiger charge is 2.21. The van der Waals surface area contributed by atoms with Gasteiger partial charge >= 0.3 is 0 Å². The van der Waals surface area contributed by atoms with Crippen LogP contribution in [0.5, 0.6) is 0 Å². The molecule has 5 heteroatoms. The van der Waals surface area contributed by atoms with Crippen LogP contribution in [0.2, 0.25) is 0 Å². The van der Waals surface area contributed by atoms with Crippen LogP contribution in [0.3, 0.4) is 0 Å². The number of hydrogen-bond donors (Lipinski definition) is 0. The Morgan fingerprint density at radius 1 is 0.967 bits per heavy atom. The van der Waals surface area contributed by atoms with Crippen molar-refractivity contribution in [3.05, 3.63) is 93.7 Å². The van der Waals surface area contributed by atoms with Gasteiger partial charge in [0.2, 0.25) is 0 Å². The molecular formula is C25H24N4O. The lowest BCUT2D eigenvalue weighted by atomic mass is 10.1. The zero-order chi connectivity index (χ0) is 20.3. The summed E-state index contributed by atoms with van der Waals surface area (Å²) in [5.74, 6) is 6.44. The van der Waals surface area contributed by atoms with Crippen molar-refractivity contribution in [3.8, 4) is 11.8 Å². The Morgan fingerprint density at radius 3 is 2.53 bits per heavy atom. The molecule has 0 spiro atoms. The monoisotopic (exact) mass is 396 g/mol. The summed E-state index contributed by atoms with van der Waals surface area (Å²) in [6.07, 6.45) is 2.49. The van der Waals surface area contributed by atoms with Gasteiger partial charge in [0.25, 0.3) is 5.56 Å². The molecule has 0 radical (unpaired) electrons. The molecule has 5 nitrogen and oxygen atoms in total. The largest absolute Gasteiger partial charge is 0.368 e. The summed E-state index contributed by atoms with van der Waals surface area (Å²) in [6, 6.07) is 18.5. The van der Waals surface area contributed by atoms with E-state index in [1.54, 1.807) is 10.9 Å². The molecule has 1 fully saturated rings. The van der Waals surface area contributed by atoms with E-state index < -0.39 is 0 Å². The van der Waals surface area contributed by atoms with E-state index in [2.05, 4.69) is 50.9 Å². The van der Waals surface area contributed by atoms with Crippen molar-refractivity contribution < 1.29 is 0 Å². The zero-order valence-electron chi connectivity index (χ0n) is 16.9. The Labute approximate surface area is 176 Å². The normalized spacial score (nSPS) is 15.3. The third-order valence-corrected chi connectivity index (χ3v) is 5.68. The van der Waals surface area contributed by atoms with Crippen LogP contribution in [0.15, 0.2) is 65.7 Å². The van der Waals surface area contributed by atoms with E-state index >= 15 is 0 Å². The van der Waals surface area contributed by atoms with Crippen molar-refractivity contribution in [2.45, 2.75) is 19.5 Å². The fraction of sp³-hybridized carbons (Fsp3) is 0.280. The van der Waals surface area contributed by atoms with Gasteiger partial charge in [-0.25, -0.2) is 4.98 Å². The summed E-state index contributed by atoms with van der Waals surface area (Å²) in [5.41, 5.74) is 5.19. The summed E-state index contributed by atoms with van der Waals surface area (Å²) in [6.45, 7) is 4.97. The molecule has 1 aromatic heterocycles. The van der Waals surface area contributed by atoms with Crippen molar-refractivity contribution in [1.82, 2.24) is 14.5 Å².